The molecule has 1 saturated heterocycles. The van der Waals surface area contributed by atoms with E-state index in [4.69, 9.17) is 4.74 Å². The number of piperidine rings is 1. The Morgan fingerprint density at radius 2 is 1.69 bits per heavy atom. The number of hydrogen-bond donors (Lipinski definition) is 2. The summed E-state index contributed by atoms with van der Waals surface area (Å²) in [6, 6.07) is 11.9. The number of nitrogens with zero attached hydrogens (tertiary/aromatic N) is 3. The predicted octanol–water partition coefficient (Wildman–Crippen LogP) is 2.91. The zero-order valence-electron chi connectivity index (χ0n) is 19.0. The van der Waals surface area contributed by atoms with E-state index < -0.39 is 17.6 Å². The molecule has 10 heteroatoms. The van der Waals surface area contributed by atoms with E-state index in [9.17, 15) is 18.8 Å². The molecule has 0 saturated carbocycles. The van der Waals surface area contributed by atoms with Crippen molar-refractivity contribution in [2.24, 2.45) is 0 Å². The largest absolute Gasteiger partial charge is 0.497 e. The highest BCUT2D eigenvalue weighted by molar-refractivity contribution is 6.07. The van der Waals surface area contributed by atoms with Gasteiger partial charge in [-0.05, 0) is 55.3 Å². The lowest BCUT2D eigenvalue weighted by molar-refractivity contribution is 0.0697. The first kappa shape index (κ1) is 23.8. The number of rotatable bonds is 6. The second-order valence-electron chi connectivity index (χ2n) is 7.99. The highest BCUT2D eigenvalue weighted by Crippen LogP contribution is 2.18. The van der Waals surface area contributed by atoms with E-state index in [0.29, 0.717) is 42.8 Å². The van der Waals surface area contributed by atoms with E-state index in [1.807, 2.05) is 0 Å². The summed E-state index contributed by atoms with van der Waals surface area (Å²) in [5.74, 6) is -0.925. The van der Waals surface area contributed by atoms with Crippen molar-refractivity contribution in [2.45, 2.75) is 18.9 Å². The fourth-order valence-electron chi connectivity index (χ4n) is 3.80. The zero-order valence-corrected chi connectivity index (χ0v) is 19.0. The quantitative estimate of drug-likeness (QED) is 0.565. The van der Waals surface area contributed by atoms with Crippen LogP contribution in [0.15, 0.2) is 60.9 Å². The van der Waals surface area contributed by atoms with E-state index in [-0.39, 0.29) is 23.5 Å². The molecule has 0 aliphatic carbocycles. The molecule has 2 N–H and O–H groups in total. The first-order valence-electron chi connectivity index (χ1n) is 11.1. The zero-order chi connectivity index (χ0) is 24.8. The molecule has 0 radical (unpaired) electrons. The summed E-state index contributed by atoms with van der Waals surface area (Å²) in [7, 11) is 1.51. The summed E-state index contributed by atoms with van der Waals surface area (Å²) < 4.78 is 18.3. The number of carbonyl (C=O) groups excluding carboxylic acids is 3. The first-order chi connectivity index (χ1) is 16.9. The number of anilines is 1. The number of likely N-dealkylation sites (tertiary alicyclic amines) is 1. The molecule has 0 spiro atoms. The monoisotopic (exact) mass is 477 g/mol. The molecule has 1 aromatic heterocycles. The Morgan fingerprint density at radius 1 is 0.971 bits per heavy atom. The Morgan fingerprint density at radius 3 is 2.40 bits per heavy atom. The van der Waals surface area contributed by atoms with Gasteiger partial charge in [0.15, 0.2) is 11.5 Å². The molecular weight excluding hydrogens is 453 g/mol. The van der Waals surface area contributed by atoms with Crippen molar-refractivity contribution in [1.29, 1.82) is 0 Å². The molecule has 2 aromatic carbocycles. The minimum atomic E-state index is -0.470. The lowest BCUT2D eigenvalue weighted by atomic mass is 10.0. The molecule has 4 rings (SSSR count). The van der Waals surface area contributed by atoms with Crippen LogP contribution < -0.4 is 15.4 Å². The van der Waals surface area contributed by atoms with Gasteiger partial charge >= 0.3 is 0 Å². The van der Waals surface area contributed by atoms with Gasteiger partial charge in [-0.25, -0.2) is 14.4 Å². The number of aromatic nitrogens is 2. The summed E-state index contributed by atoms with van der Waals surface area (Å²) in [5.41, 5.74) is 0.762. The molecule has 1 fully saturated rings. The molecule has 35 heavy (non-hydrogen) atoms. The Balaban J connectivity index is 1.36. The van der Waals surface area contributed by atoms with Crippen LogP contribution in [0, 0.1) is 5.82 Å². The third kappa shape index (κ3) is 5.78. The van der Waals surface area contributed by atoms with Crippen LogP contribution in [-0.4, -0.2) is 58.8 Å². The van der Waals surface area contributed by atoms with Crippen LogP contribution in [0.4, 0.5) is 10.2 Å². The van der Waals surface area contributed by atoms with Crippen molar-refractivity contribution in [2.75, 3.05) is 25.5 Å². The van der Waals surface area contributed by atoms with Crippen LogP contribution in [0.2, 0.25) is 0 Å². The van der Waals surface area contributed by atoms with Crippen molar-refractivity contribution in [3.05, 3.63) is 83.6 Å². The van der Waals surface area contributed by atoms with Gasteiger partial charge in [0.1, 0.15) is 11.6 Å². The maximum atomic E-state index is 13.1. The molecule has 2 heterocycles. The van der Waals surface area contributed by atoms with E-state index in [1.165, 1.54) is 43.8 Å². The number of carbonyl (C=O) groups is 3. The summed E-state index contributed by atoms with van der Waals surface area (Å²) in [6.07, 6.45) is 3.85. The Bertz CT molecular complexity index is 1230. The molecule has 180 valence electrons. The number of nitrogens with one attached hydrogen (secondary N) is 2. The van der Waals surface area contributed by atoms with Gasteiger partial charge in [-0.2, -0.15) is 0 Å². The van der Waals surface area contributed by atoms with Crippen molar-refractivity contribution in [1.82, 2.24) is 20.2 Å². The molecular formula is C25H24FN5O4. The van der Waals surface area contributed by atoms with Crippen molar-refractivity contribution < 1.29 is 23.5 Å². The average Bonchev–Trinajstić information content (AvgIpc) is 2.89. The smallest absolute Gasteiger partial charge is 0.273 e. The maximum Gasteiger partial charge on any atom is 0.273 e. The summed E-state index contributed by atoms with van der Waals surface area (Å²) >= 11 is 0. The number of benzene rings is 2. The lowest BCUT2D eigenvalue weighted by Gasteiger charge is -2.32. The Kier molecular flexibility index (Phi) is 7.30. The van der Waals surface area contributed by atoms with E-state index >= 15 is 0 Å². The van der Waals surface area contributed by atoms with Gasteiger partial charge in [0, 0.05) is 42.7 Å². The van der Waals surface area contributed by atoms with Gasteiger partial charge in [0.2, 0.25) is 0 Å². The van der Waals surface area contributed by atoms with Crippen LogP contribution in [0.3, 0.4) is 0 Å². The average molecular weight is 477 g/mol. The molecule has 9 nitrogen and oxygen atoms in total. The summed E-state index contributed by atoms with van der Waals surface area (Å²) in [6.45, 7) is 0.891. The topological polar surface area (TPSA) is 114 Å². The van der Waals surface area contributed by atoms with Crippen molar-refractivity contribution in [3.63, 3.8) is 0 Å². The highest BCUT2D eigenvalue weighted by Gasteiger charge is 2.26. The Hall–Kier alpha value is -4.34. The summed E-state index contributed by atoms with van der Waals surface area (Å²) in [5, 5.41) is 5.55. The normalized spacial score (nSPS) is 13.7. The third-order valence-corrected chi connectivity index (χ3v) is 5.69. The van der Waals surface area contributed by atoms with Crippen LogP contribution in [-0.2, 0) is 0 Å². The molecule has 0 bridgehead atoms. The second-order valence-corrected chi connectivity index (χ2v) is 7.99. The molecule has 1 aliphatic rings. The number of hydrogen-bond acceptors (Lipinski definition) is 6. The fourth-order valence-corrected chi connectivity index (χ4v) is 3.80. The minimum absolute atomic E-state index is 0.00596. The van der Waals surface area contributed by atoms with Gasteiger partial charge in [0.05, 0.1) is 7.11 Å². The third-order valence-electron chi connectivity index (χ3n) is 5.69. The first-order valence-corrected chi connectivity index (χ1v) is 11.1. The number of amides is 3. The van der Waals surface area contributed by atoms with Gasteiger partial charge in [-0.15, -0.1) is 0 Å². The lowest BCUT2D eigenvalue weighted by Crippen LogP contribution is -2.46. The Labute approximate surface area is 201 Å². The fraction of sp³-hybridized carbons (Fsp3) is 0.240. The minimum Gasteiger partial charge on any atom is -0.497 e. The van der Waals surface area contributed by atoms with E-state index in [1.54, 1.807) is 29.2 Å². The van der Waals surface area contributed by atoms with Crippen molar-refractivity contribution >= 4 is 23.5 Å². The molecule has 0 unspecified atom stereocenters. The maximum absolute atomic E-state index is 13.1. The number of halogens is 1. The molecule has 0 atom stereocenters. The van der Waals surface area contributed by atoms with E-state index in [0.717, 1.165) is 0 Å². The molecule has 3 amide bonds. The van der Waals surface area contributed by atoms with Crippen LogP contribution in [0.25, 0.3) is 0 Å². The van der Waals surface area contributed by atoms with Gasteiger partial charge < -0.3 is 20.3 Å². The second kappa shape index (κ2) is 10.7. The van der Waals surface area contributed by atoms with Gasteiger partial charge in [-0.3, -0.25) is 14.4 Å². The number of methoxy groups -OCH3 is 1. The summed E-state index contributed by atoms with van der Waals surface area (Å²) in [4.78, 5) is 48.1. The van der Waals surface area contributed by atoms with Crippen LogP contribution in [0.5, 0.6) is 5.75 Å². The molecule has 1 aliphatic heterocycles. The SMILES string of the molecule is COc1cccc(C(=O)Nc2nccnc2C(=O)NC2CCN(C(=O)c3ccc(F)cc3)CC2)c1. The standard InChI is InChI=1S/C25H24FN5O4/c1-35-20-4-2-3-17(15-20)23(32)30-22-21(27-11-12-28-22)24(33)29-19-9-13-31(14-10-19)25(34)16-5-7-18(26)8-6-16/h2-8,11-12,15,19H,9-10,13-14H2,1H3,(H,29,33)(H,28,30,32). The van der Waals surface area contributed by atoms with Crippen LogP contribution in [0.1, 0.15) is 44.0 Å². The highest BCUT2D eigenvalue weighted by atomic mass is 19.1. The molecule has 3 aromatic rings. The van der Waals surface area contributed by atoms with Gasteiger partial charge in [-0.1, -0.05) is 6.07 Å². The van der Waals surface area contributed by atoms with Crippen molar-refractivity contribution in [3.8, 4) is 5.75 Å². The van der Waals surface area contributed by atoms with E-state index in [2.05, 4.69) is 20.6 Å². The van der Waals surface area contributed by atoms with Crippen LogP contribution >= 0.6 is 0 Å². The predicted molar refractivity (Wildman–Crippen MR) is 126 cm³/mol. The van der Waals surface area contributed by atoms with Gasteiger partial charge in [0.25, 0.3) is 17.7 Å². The number of ether oxygens (including phenoxy) is 1.